The van der Waals surface area contributed by atoms with Gasteiger partial charge in [-0.3, -0.25) is 4.79 Å². The third-order valence-electron chi connectivity index (χ3n) is 0.825. The lowest BCUT2D eigenvalue weighted by molar-refractivity contribution is 0.132. The molecule has 1 fully saturated rings. The van der Waals surface area contributed by atoms with Gasteiger partial charge in [-0.05, 0) is 10.8 Å². The van der Waals surface area contributed by atoms with Gasteiger partial charge in [-0.15, -0.1) is 0 Å². The zero-order valence-electron chi connectivity index (χ0n) is 4.20. The van der Waals surface area contributed by atoms with Crippen LogP contribution in [-0.2, 0) is 0 Å². The van der Waals surface area contributed by atoms with Crippen LogP contribution in [0.1, 0.15) is 0 Å². The quantitative estimate of drug-likeness (QED) is 0.518. The van der Waals surface area contributed by atoms with Crippen LogP contribution in [0, 0.1) is 0 Å². The SMILES string of the molecule is CN1C(=O)SSC1O. The van der Waals surface area contributed by atoms with E-state index < -0.39 is 5.56 Å². The van der Waals surface area contributed by atoms with E-state index in [4.69, 9.17) is 5.11 Å². The van der Waals surface area contributed by atoms with Crippen molar-refractivity contribution in [2.75, 3.05) is 7.05 Å². The van der Waals surface area contributed by atoms with Crippen LogP contribution in [0.15, 0.2) is 0 Å². The van der Waals surface area contributed by atoms with Gasteiger partial charge in [-0.1, -0.05) is 0 Å². The van der Waals surface area contributed by atoms with Crippen molar-refractivity contribution in [3.05, 3.63) is 0 Å². The summed E-state index contributed by atoms with van der Waals surface area (Å²) in [6.45, 7) is 0. The molecule has 3 nitrogen and oxygen atoms in total. The molecule has 1 heterocycles. The Morgan fingerprint density at radius 3 is 2.62 bits per heavy atom. The Bertz CT molecular complexity index is 118. The zero-order chi connectivity index (χ0) is 6.15. The number of carbonyl (C=O) groups excluding carboxylic acids is 1. The Kier molecular flexibility index (Phi) is 1.69. The molecular formula is C3H5NO2S2. The lowest BCUT2D eigenvalue weighted by Crippen LogP contribution is -2.25. The van der Waals surface area contributed by atoms with Gasteiger partial charge in [0.1, 0.15) is 0 Å². The van der Waals surface area contributed by atoms with Crippen LogP contribution < -0.4 is 0 Å². The summed E-state index contributed by atoms with van der Waals surface area (Å²) in [4.78, 5) is 11.8. The van der Waals surface area contributed by atoms with Crippen LogP contribution in [0.2, 0.25) is 0 Å². The summed E-state index contributed by atoms with van der Waals surface area (Å²) in [5.41, 5.74) is -0.646. The van der Waals surface area contributed by atoms with Gasteiger partial charge in [0.2, 0.25) is 0 Å². The largest absolute Gasteiger partial charge is 0.364 e. The minimum Gasteiger partial charge on any atom is -0.364 e. The van der Waals surface area contributed by atoms with Crippen molar-refractivity contribution >= 4 is 26.8 Å². The molecule has 0 aliphatic carbocycles. The van der Waals surface area contributed by atoms with E-state index in [1.807, 2.05) is 0 Å². The highest BCUT2D eigenvalue weighted by molar-refractivity contribution is 8.82. The second-order valence-corrected chi connectivity index (χ2v) is 3.59. The van der Waals surface area contributed by atoms with Gasteiger partial charge in [0, 0.05) is 17.8 Å². The fourth-order valence-corrected chi connectivity index (χ4v) is 2.22. The first kappa shape index (κ1) is 6.25. The molecule has 8 heavy (non-hydrogen) atoms. The molecular weight excluding hydrogens is 146 g/mol. The van der Waals surface area contributed by atoms with E-state index in [1.54, 1.807) is 7.05 Å². The van der Waals surface area contributed by atoms with Gasteiger partial charge >= 0.3 is 0 Å². The molecule has 1 atom stereocenters. The van der Waals surface area contributed by atoms with Gasteiger partial charge < -0.3 is 10.0 Å². The molecule has 0 saturated carbocycles. The number of amides is 1. The number of aliphatic hydroxyl groups is 1. The van der Waals surface area contributed by atoms with Gasteiger partial charge in [0.25, 0.3) is 5.24 Å². The van der Waals surface area contributed by atoms with Crippen LogP contribution >= 0.6 is 21.6 Å². The lowest BCUT2D eigenvalue weighted by Gasteiger charge is -2.08. The normalized spacial score (nSPS) is 29.5. The molecule has 1 aliphatic heterocycles. The maximum atomic E-state index is 10.5. The second-order valence-electron chi connectivity index (χ2n) is 1.38. The molecule has 0 spiro atoms. The Morgan fingerprint density at radius 1 is 1.88 bits per heavy atom. The fraction of sp³-hybridized carbons (Fsp3) is 0.667. The Morgan fingerprint density at radius 2 is 2.50 bits per heavy atom. The number of carbonyl (C=O) groups is 1. The van der Waals surface area contributed by atoms with Crippen molar-refractivity contribution in [3.63, 3.8) is 0 Å². The highest BCUT2D eigenvalue weighted by Crippen LogP contribution is 2.36. The van der Waals surface area contributed by atoms with Crippen molar-refractivity contribution in [2.24, 2.45) is 0 Å². The molecule has 1 rings (SSSR count). The zero-order valence-corrected chi connectivity index (χ0v) is 5.83. The summed E-state index contributed by atoms with van der Waals surface area (Å²) in [5.74, 6) is 0. The molecule has 5 heteroatoms. The topological polar surface area (TPSA) is 40.5 Å². The Balaban J connectivity index is 2.56. The molecule has 1 N–H and O–H groups in total. The molecule has 1 unspecified atom stereocenters. The summed E-state index contributed by atoms with van der Waals surface area (Å²) in [7, 11) is 3.80. The Hall–Kier alpha value is 0.130. The van der Waals surface area contributed by atoms with Gasteiger partial charge in [0.05, 0.1) is 0 Å². The predicted octanol–water partition coefficient (Wildman–Crippen LogP) is 0.709. The number of rotatable bonds is 0. The molecule has 1 aliphatic rings. The van der Waals surface area contributed by atoms with E-state index in [2.05, 4.69) is 0 Å². The predicted molar refractivity (Wildman–Crippen MR) is 34.3 cm³/mol. The van der Waals surface area contributed by atoms with Crippen molar-refractivity contribution in [3.8, 4) is 0 Å². The highest BCUT2D eigenvalue weighted by Gasteiger charge is 2.27. The third kappa shape index (κ3) is 0.936. The third-order valence-corrected chi connectivity index (χ3v) is 3.07. The first-order valence-electron chi connectivity index (χ1n) is 2.00. The smallest absolute Gasteiger partial charge is 0.294 e. The van der Waals surface area contributed by atoms with Crippen LogP contribution in [0.25, 0.3) is 0 Å². The molecule has 46 valence electrons. The van der Waals surface area contributed by atoms with Crippen molar-refractivity contribution in [1.29, 1.82) is 0 Å². The summed E-state index contributed by atoms with van der Waals surface area (Å²) in [6, 6.07) is 0. The monoisotopic (exact) mass is 151 g/mol. The maximum Gasteiger partial charge on any atom is 0.294 e. The average Bonchev–Trinajstić information content (AvgIpc) is 1.98. The molecule has 0 radical (unpaired) electrons. The van der Waals surface area contributed by atoms with E-state index in [9.17, 15) is 4.79 Å². The molecule has 0 aromatic rings. The van der Waals surface area contributed by atoms with Crippen molar-refractivity contribution in [2.45, 2.75) is 5.56 Å². The Labute approximate surface area is 54.8 Å². The van der Waals surface area contributed by atoms with Gasteiger partial charge in [-0.2, -0.15) is 0 Å². The van der Waals surface area contributed by atoms with Crippen LogP contribution in [0.5, 0.6) is 0 Å². The number of aliphatic hydroxyl groups excluding tert-OH is 1. The number of hydrogen-bond donors (Lipinski definition) is 1. The van der Waals surface area contributed by atoms with E-state index in [0.29, 0.717) is 0 Å². The van der Waals surface area contributed by atoms with Crippen LogP contribution in [0.4, 0.5) is 4.79 Å². The van der Waals surface area contributed by atoms with E-state index in [-0.39, 0.29) is 5.24 Å². The van der Waals surface area contributed by atoms with E-state index in [0.717, 1.165) is 21.6 Å². The number of hydrogen-bond acceptors (Lipinski definition) is 4. The maximum absolute atomic E-state index is 10.5. The summed E-state index contributed by atoms with van der Waals surface area (Å²) in [6.07, 6.45) is 0. The van der Waals surface area contributed by atoms with Crippen molar-refractivity contribution < 1.29 is 9.90 Å². The van der Waals surface area contributed by atoms with Crippen LogP contribution in [0.3, 0.4) is 0 Å². The second kappa shape index (κ2) is 2.16. The first-order chi connectivity index (χ1) is 3.72. The molecule has 0 bridgehead atoms. The van der Waals surface area contributed by atoms with Gasteiger partial charge in [0.15, 0.2) is 5.56 Å². The summed E-state index contributed by atoms with van der Waals surface area (Å²) in [5, 5.41) is 8.73. The summed E-state index contributed by atoms with van der Waals surface area (Å²) >= 11 is 0. The fourth-order valence-electron chi connectivity index (χ4n) is 0.298. The molecule has 0 aromatic carbocycles. The minimum atomic E-state index is -0.646. The molecule has 1 saturated heterocycles. The lowest BCUT2D eigenvalue weighted by atomic mass is 10.9. The first-order valence-corrected chi connectivity index (χ1v) is 4.21. The minimum absolute atomic E-state index is 0.0810. The van der Waals surface area contributed by atoms with Gasteiger partial charge in [-0.25, -0.2) is 0 Å². The van der Waals surface area contributed by atoms with Crippen LogP contribution in [-0.4, -0.2) is 27.9 Å². The molecule has 1 amide bonds. The summed E-state index contributed by atoms with van der Waals surface area (Å²) < 4.78 is 0. The average molecular weight is 151 g/mol. The number of nitrogens with zero attached hydrogens (tertiary/aromatic N) is 1. The highest BCUT2D eigenvalue weighted by atomic mass is 33.1. The van der Waals surface area contributed by atoms with E-state index in [1.165, 1.54) is 4.90 Å². The standard InChI is InChI=1S/C3H5NO2S2/c1-4-2(5)7-8-3(4)6/h2,5H,1H3. The van der Waals surface area contributed by atoms with E-state index >= 15 is 0 Å². The van der Waals surface area contributed by atoms with Crippen molar-refractivity contribution in [1.82, 2.24) is 4.90 Å². The molecule has 0 aromatic heterocycles.